The summed E-state index contributed by atoms with van der Waals surface area (Å²) < 4.78 is 13.2. The molecule has 2 aliphatic rings. The number of nitrogens with one attached hydrogen (secondary N) is 2. The summed E-state index contributed by atoms with van der Waals surface area (Å²) in [6.07, 6.45) is 3.14. The van der Waals surface area contributed by atoms with E-state index in [-0.39, 0.29) is 36.0 Å². The number of amides is 3. The number of carbonyl (C=O) groups excluding carboxylic acids is 3. The monoisotopic (exact) mass is 494 g/mol. The van der Waals surface area contributed by atoms with E-state index in [1.54, 1.807) is 18.2 Å². The van der Waals surface area contributed by atoms with Gasteiger partial charge in [0.1, 0.15) is 5.82 Å². The molecule has 7 nitrogen and oxygen atoms in total. The highest BCUT2D eigenvalue weighted by Crippen LogP contribution is 2.31. The van der Waals surface area contributed by atoms with Crippen molar-refractivity contribution in [1.82, 2.24) is 10.2 Å². The van der Waals surface area contributed by atoms with Gasteiger partial charge in [0, 0.05) is 56.4 Å². The Morgan fingerprint density at radius 3 is 2.44 bits per heavy atom. The van der Waals surface area contributed by atoms with E-state index in [0.29, 0.717) is 43.2 Å². The zero-order valence-electron chi connectivity index (χ0n) is 21.1. The Balaban J connectivity index is 1.52. The summed E-state index contributed by atoms with van der Waals surface area (Å²) in [6, 6.07) is 11.4. The predicted octanol–water partition coefficient (Wildman–Crippen LogP) is 4.19. The van der Waals surface area contributed by atoms with Gasteiger partial charge in [-0.3, -0.25) is 14.4 Å². The number of nitrogens with zero attached hydrogens (tertiary/aromatic N) is 2. The lowest BCUT2D eigenvalue weighted by atomic mass is 10.1. The van der Waals surface area contributed by atoms with Gasteiger partial charge >= 0.3 is 0 Å². The number of anilines is 2. The number of halogens is 1. The van der Waals surface area contributed by atoms with Gasteiger partial charge in [-0.2, -0.15) is 0 Å². The highest BCUT2D eigenvalue weighted by atomic mass is 19.1. The van der Waals surface area contributed by atoms with Crippen LogP contribution < -0.4 is 15.5 Å². The smallest absolute Gasteiger partial charge is 0.253 e. The van der Waals surface area contributed by atoms with Crippen molar-refractivity contribution in [2.45, 2.75) is 46.1 Å². The standard InChI is InChI=1S/C28H35FN4O3/c1-19(2)16-26(34)33-13-3-12-32(14-15-33)25-11-10-23(31-27(35)21-6-7-21)17-24(25)28(36)30-18-20-4-8-22(29)9-5-20/h4-5,8-11,17,19,21H,3,6-7,12-16,18H2,1-2H3,(H,30,36)(H,31,35). The Hall–Kier alpha value is -3.42. The number of benzene rings is 2. The van der Waals surface area contributed by atoms with Crippen molar-refractivity contribution in [3.05, 3.63) is 59.4 Å². The topological polar surface area (TPSA) is 81.8 Å². The van der Waals surface area contributed by atoms with Crippen LogP contribution in [0.2, 0.25) is 0 Å². The fraction of sp³-hybridized carbons (Fsp3) is 0.464. The molecule has 2 N–H and O–H groups in total. The predicted molar refractivity (Wildman–Crippen MR) is 138 cm³/mol. The molecule has 36 heavy (non-hydrogen) atoms. The number of rotatable bonds is 8. The summed E-state index contributed by atoms with van der Waals surface area (Å²) in [7, 11) is 0. The van der Waals surface area contributed by atoms with Crippen LogP contribution in [0.1, 0.15) is 55.5 Å². The van der Waals surface area contributed by atoms with E-state index in [2.05, 4.69) is 15.5 Å². The van der Waals surface area contributed by atoms with Crippen molar-refractivity contribution in [1.29, 1.82) is 0 Å². The van der Waals surface area contributed by atoms with Gasteiger partial charge < -0.3 is 20.4 Å². The average Bonchev–Trinajstić information content (AvgIpc) is 3.70. The van der Waals surface area contributed by atoms with Crippen molar-refractivity contribution in [3.8, 4) is 0 Å². The number of hydrogen-bond acceptors (Lipinski definition) is 4. The van der Waals surface area contributed by atoms with Crippen LogP contribution in [0.3, 0.4) is 0 Å². The molecular weight excluding hydrogens is 459 g/mol. The molecule has 1 saturated carbocycles. The van der Waals surface area contributed by atoms with Crippen LogP contribution in [-0.4, -0.2) is 48.8 Å². The van der Waals surface area contributed by atoms with Crippen LogP contribution in [0.25, 0.3) is 0 Å². The van der Waals surface area contributed by atoms with Crippen molar-refractivity contribution >= 4 is 29.1 Å². The lowest BCUT2D eigenvalue weighted by Gasteiger charge is -2.26. The van der Waals surface area contributed by atoms with E-state index < -0.39 is 0 Å². The molecule has 2 fully saturated rings. The first-order valence-corrected chi connectivity index (χ1v) is 12.8. The van der Waals surface area contributed by atoms with E-state index in [1.807, 2.05) is 30.9 Å². The third kappa shape index (κ3) is 6.83. The summed E-state index contributed by atoms with van der Waals surface area (Å²) in [5.41, 5.74) is 2.62. The van der Waals surface area contributed by atoms with E-state index >= 15 is 0 Å². The summed E-state index contributed by atoms with van der Waals surface area (Å²) >= 11 is 0. The molecule has 0 radical (unpaired) electrons. The van der Waals surface area contributed by atoms with E-state index in [0.717, 1.165) is 37.1 Å². The van der Waals surface area contributed by atoms with Crippen LogP contribution >= 0.6 is 0 Å². The molecule has 3 amide bonds. The largest absolute Gasteiger partial charge is 0.369 e. The maximum absolute atomic E-state index is 13.3. The summed E-state index contributed by atoms with van der Waals surface area (Å²) in [4.78, 5) is 42.3. The first kappa shape index (κ1) is 25.7. The average molecular weight is 495 g/mol. The molecule has 0 unspecified atom stereocenters. The first-order valence-electron chi connectivity index (χ1n) is 12.8. The van der Waals surface area contributed by atoms with Crippen LogP contribution in [0.5, 0.6) is 0 Å². The molecule has 1 aliphatic heterocycles. The van der Waals surface area contributed by atoms with Gasteiger partial charge in [0.15, 0.2) is 0 Å². The molecule has 0 bridgehead atoms. The molecular formula is C28H35FN4O3. The molecule has 0 spiro atoms. The van der Waals surface area contributed by atoms with Gasteiger partial charge in [-0.15, -0.1) is 0 Å². The van der Waals surface area contributed by atoms with Crippen molar-refractivity contribution in [2.24, 2.45) is 11.8 Å². The van der Waals surface area contributed by atoms with Gasteiger partial charge in [0.25, 0.3) is 5.91 Å². The summed E-state index contributed by atoms with van der Waals surface area (Å²) in [5, 5.41) is 5.86. The number of hydrogen-bond donors (Lipinski definition) is 2. The minimum Gasteiger partial charge on any atom is -0.369 e. The van der Waals surface area contributed by atoms with Gasteiger partial charge in [0.05, 0.1) is 5.56 Å². The maximum Gasteiger partial charge on any atom is 0.253 e. The van der Waals surface area contributed by atoms with Crippen molar-refractivity contribution in [2.75, 3.05) is 36.4 Å². The van der Waals surface area contributed by atoms with Gasteiger partial charge in [-0.05, 0) is 61.1 Å². The molecule has 0 atom stereocenters. The fourth-order valence-electron chi connectivity index (χ4n) is 4.43. The van der Waals surface area contributed by atoms with Crippen LogP contribution in [0.15, 0.2) is 42.5 Å². The SMILES string of the molecule is CC(C)CC(=O)N1CCCN(c2ccc(NC(=O)C3CC3)cc2C(=O)NCc2ccc(F)cc2)CC1. The van der Waals surface area contributed by atoms with Gasteiger partial charge in [0.2, 0.25) is 11.8 Å². The lowest BCUT2D eigenvalue weighted by molar-refractivity contribution is -0.131. The van der Waals surface area contributed by atoms with Crippen LogP contribution in [-0.2, 0) is 16.1 Å². The fourth-order valence-corrected chi connectivity index (χ4v) is 4.43. The second kappa shape index (κ2) is 11.5. The normalized spacial score (nSPS) is 16.0. The summed E-state index contributed by atoms with van der Waals surface area (Å²) in [6.45, 7) is 6.99. The molecule has 0 aromatic heterocycles. The van der Waals surface area contributed by atoms with E-state index in [4.69, 9.17) is 0 Å². The lowest BCUT2D eigenvalue weighted by Crippen LogP contribution is -2.36. The molecule has 1 saturated heterocycles. The first-order chi connectivity index (χ1) is 17.3. The minimum atomic E-state index is -0.325. The zero-order valence-corrected chi connectivity index (χ0v) is 21.1. The highest BCUT2D eigenvalue weighted by Gasteiger charge is 2.30. The summed E-state index contributed by atoms with van der Waals surface area (Å²) in [5.74, 6) is -0.0776. The Morgan fingerprint density at radius 2 is 1.75 bits per heavy atom. The molecule has 2 aromatic carbocycles. The second-order valence-electron chi connectivity index (χ2n) is 10.1. The Labute approximate surface area is 212 Å². The van der Waals surface area contributed by atoms with E-state index in [9.17, 15) is 18.8 Å². The van der Waals surface area contributed by atoms with Gasteiger partial charge in [-0.25, -0.2) is 4.39 Å². The van der Waals surface area contributed by atoms with Crippen LogP contribution in [0, 0.1) is 17.7 Å². The molecule has 192 valence electrons. The number of carbonyl (C=O) groups is 3. The quantitative estimate of drug-likeness (QED) is 0.577. The Morgan fingerprint density at radius 1 is 1.00 bits per heavy atom. The maximum atomic E-state index is 13.3. The highest BCUT2D eigenvalue weighted by molar-refractivity contribution is 6.02. The Kier molecular flexibility index (Phi) is 8.23. The van der Waals surface area contributed by atoms with E-state index in [1.165, 1.54) is 12.1 Å². The van der Waals surface area contributed by atoms with Crippen LogP contribution in [0.4, 0.5) is 15.8 Å². The molecule has 8 heteroatoms. The van der Waals surface area contributed by atoms with Gasteiger partial charge in [-0.1, -0.05) is 26.0 Å². The zero-order chi connectivity index (χ0) is 25.7. The molecule has 1 aliphatic carbocycles. The molecule has 1 heterocycles. The Bertz CT molecular complexity index is 1100. The minimum absolute atomic E-state index is 0.0190. The second-order valence-corrected chi connectivity index (χ2v) is 10.1. The van der Waals surface area contributed by atoms with Crippen molar-refractivity contribution < 1.29 is 18.8 Å². The van der Waals surface area contributed by atoms with Crippen molar-refractivity contribution in [3.63, 3.8) is 0 Å². The molecule has 4 rings (SSSR count). The third-order valence-electron chi connectivity index (χ3n) is 6.60. The molecule has 2 aromatic rings. The third-order valence-corrected chi connectivity index (χ3v) is 6.60.